The zero-order valence-corrected chi connectivity index (χ0v) is 24.3. The molecule has 10 nitrogen and oxygen atoms in total. The van der Waals surface area contributed by atoms with Crippen molar-refractivity contribution in [3.8, 4) is 11.8 Å². The largest absolute Gasteiger partial charge is 0.366 e. The van der Waals surface area contributed by atoms with E-state index in [1.165, 1.54) is 17.4 Å². The maximum Gasteiger partial charge on any atom is 0.293 e. The molecule has 1 saturated heterocycles. The van der Waals surface area contributed by atoms with Crippen LogP contribution in [-0.2, 0) is 13.0 Å². The molecule has 4 heterocycles. The van der Waals surface area contributed by atoms with Crippen molar-refractivity contribution in [3.63, 3.8) is 0 Å². The lowest BCUT2D eigenvalue weighted by atomic mass is 10.1. The Morgan fingerprint density at radius 2 is 1.83 bits per heavy atom. The molecule has 2 aromatic carbocycles. The molecule has 0 atom stereocenters. The zero-order valence-electron chi connectivity index (χ0n) is 23.5. The molecule has 6 rings (SSSR count). The van der Waals surface area contributed by atoms with Crippen LogP contribution >= 0.6 is 11.3 Å². The van der Waals surface area contributed by atoms with Gasteiger partial charge in [0.15, 0.2) is 5.82 Å². The quantitative estimate of drug-likeness (QED) is 0.258. The Labute approximate surface area is 246 Å². The number of thiazole rings is 1. The van der Waals surface area contributed by atoms with Crippen LogP contribution in [-0.4, -0.2) is 37.3 Å². The standard InChI is InChI=1S/C31H31N7O3S/c1-21-9-8-10-23(17-21)37-30(39)27(19-22-12-13-25(26(18-22)38(40)41)35-14-5-3-6-15-35)42-31(37)24(20-32)29-34-33-28-11-4-2-7-16-36(28)29/h8-10,12-13,17-19H,2-7,11,14-16H2,1H3/b27-19+,31-24-. The molecule has 11 heteroatoms. The number of hydrogen-bond donors (Lipinski definition) is 0. The molecule has 0 spiro atoms. The number of anilines is 1. The van der Waals surface area contributed by atoms with Gasteiger partial charge in [0, 0.05) is 32.1 Å². The Balaban J connectivity index is 1.57. The third-order valence-corrected chi connectivity index (χ3v) is 9.03. The Bertz CT molecular complexity index is 1890. The lowest BCUT2D eigenvalue weighted by Gasteiger charge is -2.28. The molecule has 42 heavy (non-hydrogen) atoms. The number of aromatic nitrogens is 4. The van der Waals surface area contributed by atoms with Gasteiger partial charge in [-0.1, -0.05) is 24.6 Å². The van der Waals surface area contributed by atoms with Gasteiger partial charge < -0.3 is 9.47 Å². The highest BCUT2D eigenvalue weighted by atomic mass is 32.1. The molecule has 0 bridgehead atoms. The first-order chi connectivity index (χ1) is 20.4. The minimum absolute atomic E-state index is 0.0249. The van der Waals surface area contributed by atoms with Gasteiger partial charge in [-0.25, -0.2) is 0 Å². The van der Waals surface area contributed by atoms with Crippen molar-refractivity contribution < 1.29 is 4.92 Å². The summed E-state index contributed by atoms with van der Waals surface area (Å²) in [6.07, 6.45) is 8.69. The summed E-state index contributed by atoms with van der Waals surface area (Å²) in [4.78, 5) is 27.8. The van der Waals surface area contributed by atoms with E-state index in [2.05, 4.69) is 21.2 Å². The van der Waals surface area contributed by atoms with Crippen LogP contribution in [0.1, 0.15) is 61.3 Å². The highest BCUT2D eigenvalue weighted by Gasteiger charge is 2.23. The van der Waals surface area contributed by atoms with Crippen LogP contribution in [0.15, 0.2) is 47.3 Å². The van der Waals surface area contributed by atoms with Crippen LogP contribution in [0, 0.1) is 28.4 Å². The van der Waals surface area contributed by atoms with Gasteiger partial charge in [-0.3, -0.25) is 19.5 Å². The first-order valence-electron chi connectivity index (χ1n) is 14.4. The molecule has 0 aliphatic carbocycles. The smallest absolute Gasteiger partial charge is 0.293 e. The van der Waals surface area contributed by atoms with Crippen molar-refractivity contribution >= 4 is 34.4 Å². The predicted molar refractivity (Wildman–Crippen MR) is 162 cm³/mol. The second-order valence-corrected chi connectivity index (χ2v) is 11.9. The minimum atomic E-state index is -0.356. The molecular weight excluding hydrogens is 550 g/mol. The Hall–Kier alpha value is -4.56. The van der Waals surface area contributed by atoms with Gasteiger partial charge >= 0.3 is 0 Å². The van der Waals surface area contributed by atoms with Gasteiger partial charge in [0.1, 0.15) is 27.8 Å². The summed E-state index contributed by atoms with van der Waals surface area (Å²) in [6.45, 7) is 4.25. The Morgan fingerprint density at radius 3 is 2.60 bits per heavy atom. The summed E-state index contributed by atoms with van der Waals surface area (Å²) in [5.74, 6) is 1.31. The molecule has 214 valence electrons. The van der Waals surface area contributed by atoms with E-state index in [0.29, 0.717) is 32.0 Å². The van der Waals surface area contributed by atoms with Crippen LogP contribution in [0.25, 0.3) is 17.3 Å². The van der Waals surface area contributed by atoms with Crippen molar-refractivity contribution in [2.24, 2.45) is 0 Å². The Morgan fingerprint density at radius 1 is 1.05 bits per heavy atom. The molecule has 0 radical (unpaired) electrons. The number of nitrogens with zero attached hydrogens (tertiary/aromatic N) is 7. The first kappa shape index (κ1) is 27.6. The number of piperidine rings is 1. The van der Waals surface area contributed by atoms with Crippen LogP contribution in [0.5, 0.6) is 0 Å². The number of hydrogen-bond acceptors (Lipinski definition) is 8. The molecule has 2 aliphatic rings. The average molecular weight is 582 g/mol. The van der Waals surface area contributed by atoms with Crippen molar-refractivity contribution in [2.45, 2.75) is 58.4 Å². The topological polar surface area (TPSA) is 123 Å². The number of nitro groups is 1. The number of rotatable bonds is 5. The second kappa shape index (κ2) is 11.7. The highest BCUT2D eigenvalue weighted by Crippen LogP contribution is 2.31. The minimum Gasteiger partial charge on any atom is -0.366 e. The second-order valence-electron chi connectivity index (χ2n) is 10.8. The molecule has 0 unspecified atom stereocenters. The van der Waals surface area contributed by atoms with Crippen LogP contribution in [0.4, 0.5) is 11.4 Å². The lowest BCUT2D eigenvalue weighted by Crippen LogP contribution is -2.31. The van der Waals surface area contributed by atoms with Crippen molar-refractivity contribution in [2.75, 3.05) is 18.0 Å². The van der Waals surface area contributed by atoms with E-state index in [1.54, 1.807) is 16.7 Å². The summed E-state index contributed by atoms with van der Waals surface area (Å²) in [5.41, 5.74) is 2.78. The molecular formula is C31H31N7O3S. The van der Waals surface area contributed by atoms with Gasteiger partial charge in [-0.05, 0) is 74.4 Å². The zero-order chi connectivity index (χ0) is 29.2. The molecule has 4 aromatic rings. The van der Waals surface area contributed by atoms with Crippen molar-refractivity contribution in [1.29, 1.82) is 5.26 Å². The van der Waals surface area contributed by atoms with Gasteiger partial charge in [-0.2, -0.15) is 5.26 Å². The third-order valence-electron chi connectivity index (χ3n) is 7.93. The van der Waals surface area contributed by atoms with Crippen LogP contribution < -0.4 is 19.7 Å². The summed E-state index contributed by atoms with van der Waals surface area (Å²) in [5, 5.41) is 31.3. The summed E-state index contributed by atoms with van der Waals surface area (Å²) in [6, 6.07) is 15.0. The number of fused-ring (bicyclic) bond motifs is 1. The van der Waals surface area contributed by atoms with E-state index in [-0.39, 0.29) is 21.7 Å². The Kier molecular flexibility index (Phi) is 7.71. The van der Waals surface area contributed by atoms with Gasteiger partial charge in [0.25, 0.3) is 11.2 Å². The number of benzene rings is 2. The molecule has 1 fully saturated rings. The number of nitro benzene ring substituents is 1. The monoisotopic (exact) mass is 581 g/mol. The van der Waals surface area contributed by atoms with Gasteiger partial charge in [0.05, 0.1) is 15.1 Å². The number of nitriles is 1. The maximum absolute atomic E-state index is 14.0. The third kappa shape index (κ3) is 5.25. The maximum atomic E-state index is 14.0. The van der Waals surface area contributed by atoms with Gasteiger partial charge in [-0.15, -0.1) is 21.5 Å². The normalized spacial score (nSPS) is 16.5. The molecule has 0 amide bonds. The summed E-state index contributed by atoms with van der Waals surface area (Å²) >= 11 is 1.19. The van der Waals surface area contributed by atoms with E-state index in [0.717, 1.165) is 76.0 Å². The molecule has 2 aliphatic heterocycles. The first-order valence-corrected chi connectivity index (χ1v) is 15.2. The molecule has 2 aromatic heterocycles. The van der Waals surface area contributed by atoms with Crippen molar-refractivity contribution in [3.05, 3.63) is 94.9 Å². The van der Waals surface area contributed by atoms with Crippen LogP contribution in [0.2, 0.25) is 0 Å². The van der Waals surface area contributed by atoms with E-state index < -0.39 is 0 Å². The lowest BCUT2D eigenvalue weighted by molar-refractivity contribution is -0.384. The van der Waals surface area contributed by atoms with Crippen LogP contribution in [0.3, 0.4) is 0 Å². The highest BCUT2D eigenvalue weighted by molar-refractivity contribution is 7.07. The summed E-state index contributed by atoms with van der Waals surface area (Å²) < 4.78 is 4.38. The fourth-order valence-corrected chi connectivity index (χ4v) is 6.95. The van der Waals surface area contributed by atoms with E-state index in [4.69, 9.17) is 0 Å². The fraction of sp³-hybridized carbons (Fsp3) is 0.355. The van der Waals surface area contributed by atoms with Crippen molar-refractivity contribution in [1.82, 2.24) is 19.3 Å². The molecule has 0 saturated carbocycles. The SMILES string of the molecule is Cc1cccc(-n2c(=O)/c(=C\c3ccc(N4CCCCC4)c([N+](=O)[O-])c3)s/c2=C(/C#N)c2nnc3n2CCCCC3)c1. The fourth-order valence-electron chi connectivity index (χ4n) is 5.84. The predicted octanol–water partition coefficient (Wildman–Crippen LogP) is 3.98. The van der Waals surface area contributed by atoms with Gasteiger partial charge in [0.2, 0.25) is 0 Å². The number of aryl methyl sites for hydroxylation is 2. The van der Waals surface area contributed by atoms with E-state index in [1.807, 2.05) is 41.8 Å². The summed E-state index contributed by atoms with van der Waals surface area (Å²) in [7, 11) is 0. The average Bonchev–Trinajstić information content (AvgIpc) is 3.43. The van der Waals surface area contributed by atoms with E-state index in [9.17, 15) is 20.2 Å². The van der Waals surface area contributed by atoms with E-state index >= 15 is 0 Å². The molecule has 0 N–H and O–H groups in total.